The molecule has 0 spiro atoms. The van der Waals surface area contributed by atoms with Crippen molar-refractivity contribution in [1.29, 1.82) is 0 Å². The van der Waals surface area contributed by atoms with Crippen LogP contribution in [0.3, 0.4) is 0 Å². The first-order chi connectivity index (χ1) is 15.9. The van der Waals surface area contributed by atoms with Crippen molar-refractivity contribution in [3.8, 4) is 11.1 Å². The van der Waals surface area contributed by atoms with Crippen LogP contribution < -0.4 is 10.6 Å². The average Bonchev–Trinajstić information content (AvgIpc) is 3.11. The number of amides is 2. The molecule has 2 aliphatic rings. The van der Waals surface area contributed by atoms with Crippen LogP contribution in [0.15, 0.2) is 48.5 Å². The van der Waals surface area contributed by atoms with Crippen molar-refractivity contribution in [1.82, 2.24) is 10.6 Å². The molecular formula is C26H30N2O5. The highest BCUT2D eigenvalue weighted by molar-refractivity contribution is 5.84. The number of carbonyl (C=O) groups is 3. The predicted octanol–water partition coefficient (Wildman–Crippen LogP) is 4.06. The molecule has 0 aliphatic heterocycles. The molecule has 7 nitrogen and oxygen atoms in total. The summed E-state index contributed by atoms with van der Waals surface area (Å²) in [5.41, 5.74) is 4.32. The summed E-state index contributed by atoms with van der Waals surface area (Å²) in [7, 11) is 0. The Morgan fingerprint density at radius 1 is 1.06 bits per heavy atom. The molecule has 1 unspecified atom stereocenters. The first kappa shape index (κ1) is 22.8. The number of aliphatic carboxylic acids is 1. The van der Waals surface area contributed by atoms with Gasteiger partial charge in [0.1, 0.15) is 12.6 Å². The Morgan fingerprint density at radius 2 is 1.67 bits per heavy atom. The van der Waals surface area contributed by atoms with Crippen molar-refractivity contribution in [2.45, 2.75) is 51.0 Å². The number of ether oxygens (including phenoxy) is 1. The molecule has 3 N–H and O–H groups in total. The van der Waals surface area contributed by atoms with Crippen LogP contribution >= 0.6 is 0 Å². The molecule has 1 atom stereocenters. The lowest BCUT2D eigenvalue weighted by molar-refractivity contribution is -0.142. The Kier molecular flexibility index (Phi) is 6.67. The van der Waals surface area contributed by atoms with Crippen molar-refractivity contribution < 1.29 is 24.2 Å². The van der Waals surface area contributed by atoms with Gasteiger partial charge in [-0.3, -0.25) is 4.79 Å². The van der Waals surface area contributed by atoms with Gasteiger partial charge in [0.25, 0.3) is 0 Å². The highest BCUT2D eigenvalue weighted by Crippen LogP contribution is 2.45. The molecule has 7 heteroatoms. The van der Waals surface area contributed by atoms with Gasteiger partial charge in [-0.15, -0.1) is 0 Å². The lowest BCUT2D eigenvalue weighted by atomic mass is 9.66. The van der Waals surface area contributed by atoms with Crippen molar-refractivity contribution in [3.05, 3.63) is 59.7 Å². The Bertz CT molecular complexity index is 1000. The molecule has 1 saturated carbocycles. The van der Waals surface area contributed by atoms with Crippen LogP contribution in [0.1, 0.15) is 56.1 Å². The molecule has 2 aromatic rings. The molecule has 33 heavy (non-hydrogen) atoms. The van der Waals surface area contributed by atoms with Crippen LogP contribution in [0.25, 0.3) is 11.1 Å². The summed E-state index contributed by atoms with van der Waals surface area (Å²) >= 11 is 0. The fraction of sp³-hybridized carbons (Fsp3) is 0.423. The van der Waals surface area contributed by atoms with Gasteiger partial charge in [0.15, 0.2) is 0 Å². The number of hydrogen-bond acceptors (Lipinski definition) is 4. The quantitative estimate of drug-likeness (QED) is 0.534. The molecule has 2 aromatic carbocycles. The number of benzene rings is 2. The fourth-order valence-electron chi connectivity index (χ4n) is 4.93. The Hall–Kier alpha value is -3.35. The first-order valence-corrected chi connectivity index (χ1v) is 11.5. The summed E-state index contributed by atoms with van der Waals surface area (Å²) < 4.78 is 5.59. The molecule has 174 valence electrons. The van der Waals surface area contributed by atoms with E-state index in [0.29, 0.717) is 13.0 Å². The maximum atomic E-state index is 12.5. The summed E-state index contributed by atoms with van der Waals surface area (Å²) in [5.74, 6) is -1.34. The number of carboxylic acids is 1. The molecule has 0 bridgehead atoms. The van der Waals surface area contributed by atoms with Crippen LogP contribution in [-0.4, -0.2) is 42.3 Å². The third-order valence-corrected chi connectivity index (χ3v) is 6.94. The zero-order valence-corrected chi connectivity index (χ0v) is 18.8. The molecule has 2 amide bonds. The minimum absolute atomic E-state index is 0.00594. The van der Waals surface area contributed by atoms with E-state index >= 15 is 0 Å². The number of hydrogen-bond donors (Lipinski definition) is 3. The van der Waals surface area contributed by atoms with E-state index in [0.717, 1.165) is 30.4 Å². The van der Waals surface area contributed by atoms with E-state index in [1.165, 1.54) is 11.1 Å². The predicted molar refractivity (Wildman–Crippen MR) is 124 cm³/mol. The number of carboxylic acid groups (broad SMARTS) is 1. The van der Waals surface area contributed by atoms with E-state index in [2.05, 4.69) is 34.9 Å². The second kappa shape index (κ2) is 9.65. The molecule has 0 radical (unpaired) electrons. The maximum Gasteiger partial charge on any atom is 0.407 e. The van der Waals surface area contributed by atoms with Crippen LogP contribution in [-0.2, 0) is 14.3 Å². The molecule has 0 heterocycles. The normalized spacial score (nSPS) is 16.6. The topological polar surface area (TPSA) is 105 Å². The SMILES string of the molecule is CCC(NC(=O)CC1(CNC(=O)OCC2c3ccccc3-c3ccccc32)CCC1)C(=O)O. The Labute approximate surface area is 193 Å². The first-order valence-electron chi connectivity index (χ1n) is 11.5. The van der Waals surface area contributed by atoms with Gasteiger partial charge in [-0.2, -0.15) is 0 Å². The summed E-state index contributed by atoms with van der Waals surface area (Å²) in [6, 6.07) is 15.5. The molecule has 0 saturated heterocycles. The number of carbonyl (C=O) groups excluding carboxylic acids is 2. The zero-order chi connectivity index (χ0) is 23.4. The van der Waals surface area contributed by atoms with Gasteiger partial charge in [0.2, 0.25) is 5.91 Å². The number of alkyl carbamates (subject to hydrolysis) is 1. The number of nitrogens with one attached hydrogen (secondary N) is 2. The van der Waals surface area contributed by atoms with E-state index in [-0.39, 0.29) is 30.3 Å². The lowest BCUT2D eigenvalue weighted by Gasteiger charge is -2.41. The maximum absolute atomic E-state index is 12.5. The smallest absolute Gasteiger partial charge is 0.407 e. The van der Waals surface area contributed by atoms with Gasteiger partial charge >= 0.3 is 12.1 Å². The van der Waals surface area contributed by atoms with E-state index in [4.69, 9.17) is 9.84 Å². The van der Waals surface area contributed by atoms with Crippen LogP contribution in [0.4, 0.5) is 4.79 Å². The number of fused-ring (bicyclic) bond motifs is 3. The van der Waals surface area contributed by atoms with Gasteiger partial charge in [-0.1, -0.05) is 61.9 Å². The third-order valence-electron chi connectivity index (χ3n) is 6.94. The van der Waals surface area contributed by atoms with E-state index in [1.807, 2.05) is 24.3 Å². The largest absolute Gasteiger partial charge is 0.480 e. The third kappa shape index (κ3) is 4.87. The van der Waals surface area contributed by atoms with Gasteiger partial charge in [-0.05, 0) is 46.9 Å². The summed E-state index contributed by atoms with van der Waals surface area (Å²) in [6.07, 6.45) is 2.63. The molecular weight excluding hydrogens is 420 g/mol. The van der Waals surface area contributed by atoms with Gasteiger partial charge in [0, 0.05) is 18.9 Å². The highest BCUT2D eigenvalue weighted by Gasteiger charge is 2.40. The van der Waals surface area contributed by atoms with Crippen molar-refractivity contribution in [2.24, 2.45) is 5.41 Å². The molecule has 1 fully saturated rings. The number of rotatable bonds is 9. The highest BCUT2D eigenvalue weighted by atomic mass is 16.5. The summed E-state index contributed by atoms with van der Waals surface area (Å²) in [4.78, 5) is 36.1. The Balaban J connectivity index is 1.31. The minimum Gasteiger partial charge on any atom is -0.480 e. The molecule has 2 aliphatic carbocycles. The van der Waals surface area contributed by atoms with Crippen molar-refractivity contribution >= 4 is 18.0 Å². The summed E-state index contributed by atoms with van der Waals surface area (Å²) in [6.45, 7) is 2.29. The zero-order valence-electron chi connectivity index (χ0n) is 18.8. The van der Waals surface area contributed by atoms with E-state index < -0.39 is 18.1 Å². The van der Waals surface area contributed by atoms with Gasteiger partial charge < -0.3 is 20.5 Å². The Morgan fingerprint density at radius 3 is 2.18 bits per heavy atom. The summed E-state index contributed by atoms with van der Waals surface area (Å²) in [5, 5.41) is 14.6. The van der Waals surface area contributed by atoms with E-state index in [1.54, 1.807) is 6.92 Å². The average molecular weight is 451 g/mol. The molecule has 0 aromatic heterocycles. The van der Waals surface area contributed by atoms with Crippen molar-refractivity contribution in [3.63, 3.8) is 0 Å². The minimum atomic E-state index is -1.04. The van der Waals surface area contributed by atoms with Crippen LogP contribution in [0.5, 0.6) is 0 Å². The van der Waals surface area contributed by atoms with Gasteiger partial charge in [0.05, 0.1) is 0 Å². The van der Waals surface area contributed by atoms with Crippen LogP contribution in [0.2, 0.25) is 0 Å². The molecule has 4 rings (SSSR count). The van der Waals surface area contributed by atoms with Crippen LogP contribution in [0, 0.1) is 5.41 Å². The second-order valence-corrected chi connectivity index (χ2v) is 9.08. The standard InChI is InChI=1S/C26H30N2O5/c1-2-22(24(30)31)28-23(29)14-26(12-7-13-26)16-27-25(32)33-15-21-19-10-5-3-8-17(19)18-9-4-6-11-20(18)21/h3-6,8-11,21-22H,2,7,12-16H2,1H3,(H,27,32)(H,28,29)(H,30,31). The van der Waals surface area contributed by atoms with Crippen molar-refractivity contribution in [2.75, 3.05) is 13.2 Å². The van der Waals surface area contributed by atoms with Gasteiger partial charge in [-0.25, -0.2) is 9.59 Å². The fourth-order valence-corrected chi connectivity index (χ4v) is 4.93. The lowest BCUT2D eigenvalue weighted by Crippen LogP contribution is -2.48. The second-order valence-electron chi connectivity index (χ2n) is 9.08. The van der Waals surface area contributed by atoms with E-state index in [9.17, 15) is 14.4 Å². The monoisotopic (exact) mass is 450 g/mol.